The highest BCUT2D eigenvalue weighted by Crippen LogP contribution is 2.49. The van der Waals surface area contributed by atoms with Crippen LogP contribution in [-0.2, 0) is 0 Å². The Kier molecular flexibility index (Phi) is 2.68. The number of nitrogens with zero attached hydrogens (tertiary/aromatic N) is 1. The molecule has 0 saturated heterocycles. The Morgan fingerprint density at radius 3 is 3.06 bits per heavy atom. The van der Waals surface area contributed by atoms with Crippen molar-refractivity contribution < 1.29 is 0 Å². The molecule has 2 N–H and O–H groups in total. The van der Waals surface area contributed by atoms with Crippen LogP contribution in [0.15, 0.2) is 22.7 Å². The van der Waals surface area contributed by atoms with Crippen LogP contribution in [0.1, 0.15) is 30.7 Å². The van der Waals surface area contributed by atoms with Crippen molar-refractivity contribution in [1.29, 1.82) is 0 Å². The predicted octanol–water partition coefficient (Wildman–Crippen LogP) is 2.86. The van der Waals surface area contributed by atoms with E-state index in [2.05, 4.69) is 39.0 Å². The maximum Gasteiger partial charge on any atom is 0.0406 e. The van der Waals surface area contributed by atoms with Gasteiger partial charge in [0.15, 0.2) is 0 Å². The van der Waals surface area contributed by atoms with Gasteiger partial charge in [-0.1, -0.05) is 22.4 Å². The highest BCUT2D eigenvalue weighted by Gasteiger charge is 2.40. The highest BCUT2D eigenvalue weighted by atomic mass is 79.9. The van der Waals surface area contributed by atoms with Gasteiger partial charge >= 0.3 is 0 Å². The fraction of sp³-hybridized carbons (Fsp3) is 0.538. The summed E-state index contributed by atoms with van der Waals surface area (Å²) in [6.07, 6.45) is 4.04. The van der Waals surface area contributed by atoms with Crippen LogP contribution in [-0.4, -0.2) is 19.1 Å². The van der Waals surface area contributed by atoms with Crippen LogP contribution in [0, 0.1) is 0 Å². The second kappa shape index (κ2) is 4.04. The molecule has 0 radical (unpaired) electrons. The van der Waals surface area contributed by atoms with Gasteiger partial charge in [-0.05, 0) is 36.6 Å². The van der Waals surface area contributed by atoms with E-state index in [9.17, 15) is 0 Å². The highest BCUT2D eigenvalue weighted by molar-refractivity contribution is 9.10. The average molecular weight is 281 g/mol. The third-order valence-corrected chi connectivity index (χ3v) is 4.44. The summed E-state index contributed by atoms with van der Waals surface area (Å²) in [6, 6.07) is 7.40. The van der Waals surface area contributed by atoms with E-state index in [-0.39, 0.29) is 0 Å². The Labute approximate surface area is 105 Å². The number of rotatable bonds is 2. The molecule has 0 amide bonds. The predicted molar refractivity (Wildman–Crippen MR) is 70.9 cm³/mol. The van der Waals surface area contributed by atoms with E-state index in [0.717, 1.165) is 19.0 Å². The van der Waals surface area contributed by atoms with Crippen LogP contribution in [0.2, 0.25) is 0 Å². The third-order valence-electron chi connectivity index (χ3n) is 3.95. The lowest BCUT2D eigenvalue weighted by Crippen LogP contribution is -2.35. The van der Waals surface area contributed by atoms with Crippen molar-refractivity contribution in [3.05, 3.63) is 28.2 Å². The topological polar surface area (TPSA) is 29.3 Å². The summed E-state index contributed by atoms with van der Waals surface area (Å²) in [6.45, 7) is 1.74. The molecule has 1 saturated carbocycles. The maximum absolute atomic E-state index is 5.73. The van der Waals surface area contributed by atoms with E-state index >= 15 is 0 Å². The SMILES string of the molecule is NCCN1c2ccc(Br)cc2C2CCCC21. The van der Waals surface area contributed by atoms with Crippen molar-refractivity contribution in [3.8, 4) is 0 Å². The van der Waals surface area contributed by atoms with Gasteiger partial charge in [0, 0.05) is 35.2 Å². The number of nitrogens with two attached hydrogens (primary N) is 1. The molecule has 1 aromatic carbocycles. The molecule has 3 heteroatoms. The van der Waals surface area contributed by atoms with Gasteiger partial charge in [-0.15, -0.1) is 0 Å². The lowest BCUT2D eigenvalue weighted by atomic mass is 9.98. The quantitative estimate of drug-likeness (QED) is 0.903. The summed E-state index contributed by atoms with van der Waals surface area (Å²) < 4.78 is 1.20. The first-order chi connectivity index (χ1) is 7.81. The molecule has 2 atom stereocenters. The van der Waals surface area contributed by atoms with Gasteiger partial charge in [-0.3, -0.25) is 0 Å². The summed E-state index contributed by atoms with van der Waals surface area (Å²) in [5.41, 5.74) is 8.68. The van der Waals surface area contributed by atoms with Gasteiger partial charge in [0.05, 0.1) is 0 Å². The third kappa shape index (κ3) is 1.49. The Morgan fingerprint density at radius 1 is 1.38 bits per heavy atom. The Morgan fingerprint density at radius 2 is 2.25 bits per heavy atom. The summed E-state index contributed by atoms with van der Waals surface area (Å²) in [7, 11) is 0. The summed E-state index contributed by atoms with van der Waals surface area (Å²) in [5.74, 6) is 0.749. The molecule has 3 rings (SSSR count). The molecule has 1 aliphatic carbocycles. The van der Waals surface area contributed by atoms with E-state index in [1.54, 1.807) is 0 Å². The number of halogens is 1. The van der Waals surface area contributed by atoms with Gasteiger partial charge in [0.25, 0.3) is 0 Å². The molecular weight excluding hydrogens is 264 g/mol. The second-order valence-electron chi connectivity index (χ2n) is 4.79. The molecule has 1 aliphatic heterocycles. The summed E-state index contributed by atoms with van der Waals surface area (Å²) in [5, 5.41) is 0. The molecule has 86 valence electrons. The average Bonchev–Trinajstić information content (AvgIpc) is 2.82. The molecule has 1 fully saturated rings. The smallest absolute Gasteiger partial charge is 0.0406 e. The second-order valence-corrected chi connectivity index (χ2v) is 5.71. The summed E-state index contributed by atoms with van der Waals surface area (Å²) >= 11 is 3.58. The van der Waals surface area contributed by atoms with Gasteiger partial charge < -0.3 is 10.6 Å². The van der Waals surface area contributed by atoms with E-state index < -0.39 is 0 Å². The van der Waals surface area contributed by atoms with Crippen LogP contribution in [0.3, 0.4) is 0 Å². The normalized spacial score (nSPS) is 27.0. The fourth-order valence-electron chi connectivity index (χ4n) is 3.36. The van der Waals surface area contributed by atoms with Crippen LogP contribution < -0.4 is 10.6 Å². The van der Waals surface area contributed by atoms with Gasteiger partial charge in [0.2, 0.25) is 0 Å². The van der Waals surface area contributed by atoms with Crippen molar-refractivity contribution in [2.75, 3.05) is 18.0 Å². The van der Waals surface area contributed by atoms with Gasteiger partial charge in [-0.2, -0.15) is 0 Å². The Bertz CT molecular complexity index is 405. The standard InChI is InChI=1S/C13H17BrN2/c14-9-4-5-13-11(8-9)10-2-1-3-12(10)16(13)7-6-15/h4-5,8,10,12H,1-3,6-7,15H2. The van der Waals surface area contributed by atoms with E-state index in [1.165, 1.54) is 35.0 Å². The van der Waals surface area contributed by atoms with Crippen molar-refractivity contribution in [1.82, 2.24) is 0 Å². The number of hydrogen-bond donors (Lipinski definition) is 1. The van der Waals surface area contributed by atoms with Crippen LogP contribution in [0.4, 0.5) is 5.69 Å². The lowest BCUT2D eigenvalue weighted by molar-refractivity contribution is 0.592. The van der Waals surface area contributed by atoms with E-state index in [1.807, 2.05) is 0 Å². The fourth-order valence-corrected chi connectivity index (χ4v) is 3.74. The first-order valence-corrected chi connectivity index (χ1v) is 6.86. The van der Waals surface area contributed by atoms with E-state index in [0.29, 0.717) is 6.04 Å². The minimum atomic E-state index is 0.716. The van der Waals surface area contributed by atoms with Crippen LogP contribution >= 0.6 is 15.9 Å². The molecule has 0 aromatic heterocycles. The molecule has 1 heterocycles. The minimum absolute atomic E-state index is 0.716. The van der Waals surface area contributed by atoms with Crippen LogP contribution in [0.25, 0.3) is 0 Å². The van der Waals surface area contributed by atoms with Crippen molar-refractivity contribution in [3.63, 3.8) is 0 Å². The molecular formula is C13H17BrN2. The van der Waals surface area contributed by atoms with Gasteiger partial charge in [0.1, 0.15) is 0 Å². The molecule has 0 bridgehead atoms. The van der Waals surface area contributed by atoms with Crippen molar-refractivity contribution in [2.45, 2.75) is 31.2 Å². The molecule has 2 aliphatic rings. The van der Waals surface area contributed by atoms with Crippen molar-refractivity contribution >= 4 is 21.6 Å². The summed E-state index contributed by atoms with van der Waals surface area (Å²) in [4.78, 5) is 2.53. The zero-order valence-electron chi connectivity index (χ0n) is 9.32. The first-order valence-electron chi connectivity index (χ1n) is 6.07. The number of hydrogen-bond acceptors (Lipinski definition) is 2. The van der Waals surface area contributed by atoms with Gasteiger partial charge in [-0.25, -0.2) is 0 Å². The number of fused-ring (bicyclic) bond motifs is 3. The van der Waals surface area contributed by atoms with Crippen molar-refractivity contribution in [2.24, 2.45) is 5.73 Å². The number of anilines is 1. The molecule has 0 spiro atoms. The molecule has 16 heavy (non-hydrogen) atoms. The molecule has 2 nitrogen and oxygen atoms in total. The monoisotopic (exact) mass is 280 g/mol. The molecule has 2 unspecified atom stereocenters. The number of benzene rings is 1. The van der Waals surface area contributed by atoms with Crippen LogP contribution in [0.5, 0.6) is 0 Å². The maximum atomic E-state index is 5.73. The zero-order chi connectivity index (χ0) is 11.1. The lowest BCUT2D eigenvalue weighted by Gasteiger charge is -2.26. The minimum Gasteiger partial charge on any atom is -0.366 e. The zero-order valence-corrected chi connectivity index (χ0v) is 10.9. The Balaban J connectivity index is 2.04. The first kappa shape index (κ1) is 10.6. The largest absolute Gasteiger partial charge is 0.366 e. The molecule has 1 aromatic rings. The Hall–Kier alpha value is -0.540. The van der Waals surface area contributed by atoms with E-state index in [4.69, 9.17) is 5.73 Å².